The Morgan fingerprint density at radius 3 is 2.60 bits per heavy atom. The number of aryl methyl sites for hydroxylation is 1. The third kappa shape index (κ3) is 5.38. The Bertz CT molecular complexity index is 829. The number of nitrogens with zero attached hydrogens (tertiary/aromatic N) is 2. The van der Waals surface area contributed by atoms with Gasteiger partial charge in [0.15, 0.2) is 8.29 Å². The molecule has 1 aromatic heterocycles. The molecule has 0 aliphatic carbocycles. The molecule has 25 heavy (non-hydrogen) atoms. The van der Waals surface area contributed by atoms with Gasteiger partial charge in [0.2, 0.25) is 5.91 Å². The van der Waals surface area contributed by atoms with Crippen LogP contribution in [0.15, 0.2) is 28.6 Å². The number of carbonyl (C=O) groups excluding carboxylic acids is 2. The Morgan fingerprint density at radius 1 is 1.28 bits per heavy atom. The van der Waals surface area contributed by atoms with Crippen LogP contribution in [-0.4, -0.2) is 33.0 Å². The predicted molar refractivity (Wildman–Crippen MR) is 104 cm³/mol. The largest absolute Gasteiger partial charge is 0.336 e. The maximum Gasteiger partial charge on any atom is 0.321 e. The zero-order valence-corrected chi connectivity index (χ0v) is 16.8. The van der Waals surface area contributed by atoms with Crippen LogP contribution >= 0.6 is 35.3 Å². The summed E-state index contributed by atoms with van der Waals surface area (Å²) in [6, 6.07) is 7.30. The number of rotatable bonds is 5. The molecule has 0 aliphatic heterocycles. The zero-order valence-electron chi connectivity index (χ0n) is 14.4. The van der Waals surface area contributed by atoms with E-state index in [1.54, 1.807) is 11.6 Å². The van der Waals surface area contributed by atoms with Crippen molar-refractivity contribution in [1.82, 2.24) is 20.4 Å². The second-order valence-electron chi connectivity index (χ2n) is 5.71. The van der Waals surface area contributed by atoms with Crippen LogP contribution in [0.25, 0.3) is 5.69 Å². The smallest absolute Gasteiger partial charge is 0.321 e. The first-order valence-electron chi connectivity index (χ1n) is 7.72. The van der Waals surface area contributed by atoms with Gasteiger partial charge in [-0.2, -0.15) is 0 Å². The van der Waals surface area contributed by atoms with E-state index in [1.165, 1.54) is 23.1 Å². The number of nitrogens with one attached hydrogen (secondary N) is 2. The standard InChI is InChI=1S/C16H20N4O2S3/c1-9(2)17-14(22)18-13(21)11(4)24-15-19-20(16(23)25-15)12-8-6-5-7-10(12)3/h5-9,11H,1-4H3,(H2,17,18,21,22)/t11-/m0/s1. The van der Waals surface area contributed by atoms with Gasteiger partial charge in [0, 0.05) is 6.04 Å². The lowest BCUT2D eigenvalue weighted by molar-refractivity contribution is -0.119. The molecule has 1 heterocycles. The topological polar surface area (TPSA) is 76.0 Å². The fourth-order valence-corrected chi connectivity index (χ4v) is 4.47. The van der Waals surface area contributed by atoms with E-state index in [2.05, 4.69) is 15.7 Å². The molecule has 2 aromatic rings. The first kappa shape index (κ1) is 19.6. The molecule has 6 nitrogen and oxygen atoms in total. The van der Waals surface area contributed by atoms with Gasteiger partial charge in [-0.05, 0) is 51.5 Å². The summed E-state index contributed by atoms with van der Waals surface area (Å²) in [4.78, 5) is 23.7. The molecule has 0 fully saturated rings. The van der Waals surface area contributed by atoms with Crippen molar-refractivity contribution in [2.24, 2.45) is 0 Å². The number of hydrogen-bond acceptors (Lipinski definition) is 6. The van der Waals surface area contributed by atoms with Crippen molar-refractivity contribution in [3.05, 3.63) is 33.8 Å². The molecule has 9 heteroatoms. The number of hydrogen-bond donors (Lipinski definition) is 2. The van der Waals surface area contributed by atoms with E-state index in [0.717, 1.165) is 11.3 Å². The van der Waals surface area contributed by atoms with Crippen molar-refractivity contribution >= 4 is 47.3 Å². The molecule has 0 radical (unpaired) electrons. The molecule has 0 unspecified atom stereocenters. The molecule has 0 spiro atoms. The SMILES string of the molecule is Cc1ccccc1-n1nc(S[C@@H](C)C(=O)NC(=O)NC(C)C)sc1=S. The van der Waals surface area contributed by atoms with Crippen LogP contribution in [0.5, 0.6) is 0 Å². The van der Waals surface area contributed by atoms with Crippen molar-refractivity contribution in [3.63, 3.8) is 0 Å². The van der Waals surface area contributed by atoms with Crippen LogP contribution in [0.4, 0.5) is 4.79 Å². The highest BCUT2D eigenvalue weighted by molar-refractivity contribution is 8.02. The Hall–Kier alpha value is -1.71. The van der Waals surface area contributed by atoms with Crippen molar-refractivity contribution in [2.75, 3.05) is 0 Å². The van der Waals surface area contributed by atoms with E-state index in [0.29, 0.717) is 8.29 Å². The van der Waals surface area contributed by atoms with Crippen LogP contribution < -0.4 is 10.6 Å². The van der Waals surface area contributed by atoms with Crippen LogP contribution in [0.2, 0.25) is 0 Å². The van der Waals surface area contributed by atoms with Crippen molar-refractivity contribution in [3.8, 4) is 5.69 Å². The first-order valence-corrected chi connectivity index (χ1v) is 9.82. The average Bonchev–Trinajstić information content (AvgIpc) is 2.87. The summed E-state index contributed by atoms with van der Waals surface area (Å²) in [6.45, 7) is 7.37. The summed E-state index contributed by atoms with van der Waals surface area (Å²) >= 11 is 8.01. The third-order valence-electron chi connectivity index (χ3n) is 3.18. The maximum absolute atomic E-state index is 12.1. The third-order valence-corrected chi connectivity index (χ3v) is 5.59. The number of aromatic nitrogens is 2. The fraction of sp³-hybridized carbons (Fsp3) is 0.375. The van der Waals surface area contributed by atoms with Crippen LogP contribution in [-0.2, 0) is 4.79 Å². The van der Waals surface area contributed by atoms with Gasteiger partial charge in [-0.1, -0.05) is 41.3 Å². The van der Waals surface area contributed by atoms with Gasteiger partial charge in [0.05, 0.1) is 10.9 Å². The first-order chi connectivity index (χ1) is 11.8. The number of urea groups is 1. The summed E-state index contributed by atoms with van der Waals surface area (Å²) in [5.41, 5.74) is 1.99. The summed E-state index contributed by atoms with van der Waals surface area (Å²) in [5.74, 6) is -0.369. The molecule has 0 saturated carbocycles. The molecule has 0 bridgehead atoms. The summed E-state index contributed by atoms with van der Waals surface area (Å²) in [7, 11) is 0. The summed E-state index contributed by atoms with van der Waals surface area (Å²) in [5, 5.41) is 8.98. The molecule has 1 aromatic carbocycles. The van der Waals surface area contributed by atoms with Gasteiger partial charge < -0.3 is 5.32 Å². The quantitative estimate of drug-likeness (QED) is 0.595. The van der Waals surface area contributed by atoms with Crippen LogP contribution in [0, 0.1) is 10.9 Å². The predicted octanol–water partition coefficient (Wildman–Crippen LogP) is 3.69. The molecule has 0 aliphatic rings. The Balaban J connectivity index is 2.07. The van der Waals surface area contributed by atoms with Gasteiger partial charge in [-0.25, -0.2) is 9.48 Å². The molecule has 2 N–H and O–H groups in total. The molecule has 2 rings (SSSR count). The second-order valence-corrected chi connectivity index (χ2v) is 8.92. The lowest BCUT2D eigenvalue weighted by atomic mass is 10.2. The van der Waals surface area contributed by atoms with E-state index in [1.807, 2.05) is 45.0 Å². The van der Waals surface area contributed by atoms with E-state index in [4.69, 9.17) is 12.2 Å². The van der Waals surface area contributed by atoms with Crippen LogP contribution in [0.1, 0.15) is 26.3 Å². The van der Waals surface area contributed by atoms with Crippen molar-refractivity contribution < 1.29 is 9.59 Å². The molecule has 1 atom stereocenters. The minimum Gasteiger partial charge on any atom is -0.336 e. The Kier molecular flexibility index (Phi) is 6.74. The van der Waals surface area contributed by atoms with E-state index in [-0.39, 0.29) is 11.9 Å². The minimum absolute atomic E-state index is 0.0365. The average molecular weight is 397 g/mol. The lowest BCUT2D eigenvalue weighted by Crippen LogP contribution is -2.45. The minimum atomic E-state index is -0.495. The number of carbonyl (C=O) groups is 2. The highest BCUT2D eigenvalue weighted by Crippen LogP contribution is 2.28. The monoisotopic (exact) mass is 396 g/mol. The molecule has 3 amide bonds. The van der Waals surface area contributed by atoms with E-state index >= 15 is 0 Å². The number of amides is 3. The van der Waals surface area contributed by atoms with Gasteiger partial charge in [0.1, 0.15) is 0 Å². The zero-order chi connectivity index (χ0) is 18.6. The van der Waals surface area contributed by atoms with Crippen molar-refractivity contribution in [1.29, 1.82) is 0 Å². The highest BCUT2D eigenvalue weighted by atomic mass is 32.2. The number of thioether (sulfide) groups is 1. The molecule has 134 valence electrons. The van der Waals surface area contributed by atoms with Gasteiger partial charge in [0.25, 0.3) is 0 Å². The number of imide groups is 1. The number of benzene rings is 1. The second kappa shape index (κ2) is 8.59. The summed E-state index contributed by atoms with van der Waals surface area (Å²) in [6.07, 6.45) is 0. The van der Waals surface area contributed by atoms with Gasteiger partial charge in [-0.15, -0.1) is 5.10 Å². The van der Waals surface area contributed by atoms with Gasteiger partial charge >= 0.3 is 6.03 Å². The molecular weight excluding hydrogens is 376 g/mol. The summed E-state index contributed by atoms with van der Waals surface area (Å²) < 4.78 is 3.00. The Labute approximate surface area is 160 Å². The molecule has 0 saturated heterocycles. The van der Waals surface area contributed by atoms with Gasteiger partial charge in [-0.3, -0.25) is 10.1 Å². The fourth-order valence-electron chi connectivity index (χ4n) is 1.98. The Morgan fingerprint density at radius 2 is 1.96 bits per heavy atom. The maximum atomic E-state index is 12.1. The highest BCUT2D eigenvalue weighted by Gasteiger charge is 2.20. The number of para-hydroxylation sites is 1. The van der Waals surface area contributed by atoms with Crippen LogP contribution in [0.3, 0.4) is 0 Å². The molecular formula is C16H20N4O2S3. The normalized spacial score (nSPS) is 12.0. The van der Waals surface area contributed by atoms with Crippen molar-refractivity contribution in [2.45, 2.75) is 43.3 Å². The van der Waals surface area contributed by atoms with E-state index < -0.39 is 11.3 Å². The lowest BCUT2D eigenvalue weighted by Gasteiger charge is -2.12. The van der Waals surface area contributed by atoms with E-state index in [9.17, 15) is 9.59 Å².